The summed E-state index contributed by atoms with van der Waals surface area (Å²) in [4.78, 5) is 5.01. The monoisotopic (exact) mass is 481 g/mol. The Labute approximate surface area is 170 Å². The molecule has 0 saturated heterocycles. The van der Waals surface area contributed by atoms with Crippen molar-refractivity contribution in [2.75, 3.05) is 25.9 Å². The highest BCUT2D eigenvalue weighted by atomic mass is 127. The fourth-order valence-electron chi connectivity index (χ4n) is 2.34. The Hall–Kier alpha value is -0.830. The van der Waals surface area contributed by atoms with Gasteiger partial charge in [0.15, 0.2) is 15.8 Å². The molecule has 7 heteroatoms. The van der Waals surface area contributed by atoms with Gasteiger partial charge in [0.25, 0.3) is 0 Å². The molecule has 0 aromatic heterocycles. The first-order chi connectivity index (χ1) is 11.4. The maximum atomic E-state index is 11.5. The first-order valence-corrected chi connectivity index (χ1v) is 10.6. The summed E-state index contributed by atoms with van der Waals surface area (Å²) >= 11 is 0. The van der Waals surface area contributed by atoms with Crippen LogP contribution in [-0.2, 0) is 16.3 Å². The van der Waals surface area contributed by atoms with Crippen molar-refractivity contribution in [2.45, 2.75) is 44.9 Å². The maximum absolute atomic E-state index is 11.5. The second kappa shape index (κ2) is 12.5. The summed E-state index contributed by atoms with van der Waals surface area (Å²) in [5, 5.41) is 6.60. The molecule has 5 nitrogen and oxygen atoms in total. The fraction of sp³-hybridized carbons (Fsp3) is 0.611. The van der Waals surface area contributed by atoms with E-state index in [1.54, 1.807) is 12.1 Å². The lowest BCUT2D eigenvalue weighted by molar-refractivity contribution is 0.504. The van der Waals surface area contributed by atoms with Crippen LogP contribution < -0.4 is 10.6 Å². The summed E-state index contributed by atoms with van der Waals surface area (Å²) in [6, 6.07) is 7.06. The number of halogens is 1. The molecule has 2 N–H and O–H groups in total. The standard InChI is InChI=1S/C18H31N3O2S.HI/c1-5-15(6-2)14-21-18(19-7-3)20-13-12-16-8-10-17(11-9-16)24(4,22)23;/h8-11,15H,5-7,12-14H2,1-4H3,(H2,19,20,21);1H. The third-order valence-electron chi connectivity index (χ3n) is 4.06. The van der Waals surface area contributed by atoms with E-state index in [0.717, 1.165) is 50.4 Å². The molecular formula is C18H32IN3O2S. The van der Waals surface area contributed by atoms with E-state index in [4.69, 9.17) is 0 Å². The Bertz CT molecular complexity index is 612. The Morgan fingerprint density at radius 1 is 1.08 bits per heavy atom. The Balaban J connectivity index is 0.00000576. The minimum Gasteiger partial charge on any atom is -0.357 e. The van der Waals surface area contributed by atoms with Crippen LogP contribution in [0.3, 0.4) is 0 Å². The molecule has 144 valence electrons. The molecule has 0 amide bonds. The van der Waals surface area contributed by atoms with E-state index >= 15 is 0 Å². The number of rotatable bonds is 9. The lowest BCUT2D eigenvalue weighted by atomic mass is 10.0. The number of nitrogens with zero attached hydrogens (tertiary/aromatic N) is 1. The molecule has 0 radical (unpaired) electrons. The molecule has 0 aliphatic heterocycles. The molecule has 0 aliphatic rings. The molecule has 1 aromatic carbocycles. The highest BCUT2D eigenvalue weighted by Gasteiger charge is 2.06. The zero-order valence-electron chi connectivity index (χ0n) is 15.7. The van der Waals surface area contributed by atoms with Gasteiger partial charge >= 0.3 is 0 Å². The van der Waals surface area contributed by atoms with Crippen molar-refractivity contribution in [3.63, 3.8) is 0 Å². The first-order valence-electron chi connectivity index (χ1n) is 8.71. The lowest BCUT2D eigenvalue weighted by Crippen LogP contribution is -2.38. The molecule has 0 bridgehead atoms. The zero-order valence-corrected chi connectivity index (χ0v) is 18.9. The van der Waals surface area contributed by atoms with Crippen LogP contribution in [0.15, 0.2) is 34.2 Å². The summed E-state index contributed by atoms with van der Waals surface area (Å²) in [7, 11) is -3.13. The second-order valence-electron chi connectivity index (χ2n) is 6.00. The number of aliphatic imine (C=N–C) groups is 1. The number of guanidine groups is 1. The Morgan fingerprint density at radius 2 is 1.68 bits per heavy atom. The fourth-order valence-corrected chi connectivity index (χ4v) is 2.97. The van der Waals surface area contributed by atoms with Crippen LogP contribution in [-0.4, -0.2) is 40.3 Å². The molecule has 0 saturated carbocycles. The summed E-state index contributed by atoms with van der Waals surface area (Å²) in [6.45, 7) is 8.88. The van der Waals surface area contributed by atoms with Gasteiger partial charge in [-0.1, -0.05) is 38.8 Å². The largest absolute Gasteiger partial charge is 0.357 e. The van der Waals surface area contributed by atoms with Crippen molar-refractivity contribution < 1.29 is 8.42 Å². The van der Waals surface area contributed by atoms with Crippen LogP contribution >= 0.6 is 24.0 Å². The van der Waals surface area contributed by atoms with Crippen molar-refractivity contribution in [3.8, 4) is 0 Å². The zero-order chi connectivity index (χ0) is 18.0. The quantitative estimate of drug-likeness (QED) is 0.323. The molecule has 0 aliphatic carbocycles. The van der Waals surface area contributed by atoms with E-state index in [0.29, 0.717) is 10.8 Å². The van der Waals surface area contributed by atoms with Gasteiger partial charge in [-0.2, -0.15) is 0 Å². The van der Waals surface area contributed by atoms with Crippen LogP contribution in [0.4, 0.5) is 0 Å². The number of nitrogens with one attached hydrogen (secondary N) is 2. The van der Waals surface area contributed by atoms with Crippen molar-refractivity contribution in [1.82, 2.24) is 10.6 Å². The van der Waals surface area contributed by atoms with Gasteiger partial charge in [-0.05, 0) is 37.0 Å². The predicted octanol–water partition coefficient (Wildman–Crippen LogP) is 3.24. The van der Waals surface area contributed by atoms with Crippen LogP contribution in [0.1, 0.15) is 39.2 Å². The van der Waals surface area contributed by atoms with Crippen molar-refractivity contribution in [1.29, 1.82) is 0 Å². The van der Waals surface area contributed by atoms with Gasteiger partial charge in [0, 0.05) is 25.9 Å². The second-order valence-corrected chi connectivity index (χ2v) is 8.01. The Kier molecular flexibility index (Phi) is 12.1. The minimum atomic E-state index is -3.13. The molecule has 0 heterocycles. The van der Waals surface area contributed by atoms with E-state index in [1.807, 2.05) is 12.1 Å². The van der Waals surface area contributed by atoms with Crippen molar-refractivity contribution in [2.24, 2.45) is 10.9 Å². The molecule has 0 spiro atoms. The molecule has 0 atom stereocenters. The minimum absolute atomic E-state index is 0. The van der Waals surface area contributed by atoms with Crippen LogP contribution in [0, 0.1) is 5.92 Å². The molecule has 1 aromatic rings. The highest BCUT2D eigenvalue weighted by molar-refractivity contribution is 14.0. The number of hydrogen-bond donors (Lipinski definition) is 2. The van der Waals surface area contributed by atoms with Gasteiger partial charge in [-0.25, -0.2) is 8.42 Å². The summed E-state index contributed by atoms with van der Waals surface area (Å²) in [6.07, 6.45) is 4.33. The first kappa shape index (κ1) is 24.2. The molecular weight excluding hydrogens is 449 g/mol. The third kappa shape index (κ3) is 9.44. The van der Waals surface area contributed by atoms with Crippen LogP contribution in [0.5, 0.6) is 0 Å². The van der Waals surface area contributed by atoms with Gasteiger partial charge in [-0.15, -0.1) is 24.0 Å². The van der Waals surface area contributed by atoms with Crippen molar-refractivity contribution in [3.05, 3.63) is 29.8 Å². The third-order valence-corrected chi connectivity index (χ3v) is 5.19. The smallest absolute Gasteiger partial charge is 0.191 e. The number of benzene rings is 1. The van der Waals surface area contributed by atoms with E-state index in [2.05, 4.69) is 36.4 Å². The number of hydrogen-bond acceptors (Lipinski definition) is 3. The van der Waals surface area contributed by atoms with Crippen LogP contribution in [0.2, 0.25) is 0 Å². The highest BCUT2D eigenvalue weighted by Crippen LogP contribution is 2.10. The average Bonchev–Trinajstić information content (AvgIpc) is 2.55. The summed E-state index contributed by atoms with van der Waals surface area (Å²) < 4.78 is 22.9. The molecule has 0 fully saturated rings. The number of sulfone groups is 1. The van der Waals surface area contributed by atoms with Gasteiger partial charge in [0.05, 0.1) is 4.90 Å². The summed E-state index contributed by atoms with van der Waals surface area (Å²) in [5.74, 6) is 1.47. The van der Waals surface area contributed by atoms with Crippen molar-refractivity contribution >= 4 is 39.8 Å². The molecule has 25 heavy (non-hydrogen) atoms. The van der Waals surface area contributed by atoms with E-state index in [1.165, 1.54) is 6.26 Å². The Morgan fingerprint density at radius 3 is 2.16 bits per heavy atom. The van der Waals surface area contributed by atoms with E-state index in [-0.39, 0.29) is 24.0 Å². The maximum Gasteiger partial charge on any atom is 0.191 e. The van der Waals surface area contributed by atoms with Gasteiger partial charge < -0.3 is 10.6 Å². The predicted molar refractivity (Wildman–Crippen MR) is 117 cm³/mol. The van der Waals surface area contributed by atoms with Gasteiger partial charge in [-0.3, -0.25) is 4.99 Å². The normalized spacial score (nSPS) is 12.0. The topological polar surface area (TPSA) is 70.6 Å². The molecule has 0 unspecified atom stereocenters. The van der Waals surface area contributed by atoms with Crippen LogP contribution in [0.25, 0.3) is 0 Å². The van der Waals surface area contributed by atoms with E-state index < -0.39 is 9.84 Å². The molecule has 1 rings (SSSR count). The van der Waals surface area contributed by atoms with Gasteiger partial charge in [0.1, 0.15) is 0 Å². The average molecular weight is 481 g/mol. The lowest BCUT2D eigenvalue weighted by Gasteiger charge is -2.14. The summed E-state index contributed by atoms with van der Waals surface area (Å²) in [5.41, 5.74) is 1.10. The van der Waals surface area contributed by atoms with E-state index in [9.17, 15) is 8.42 Å². The SMILES string of the molecule is CCNC(=NCC(CC)CC)NCCc1ccc(S(C)(=O)=O)cc1.I. The van der Waals surface area contributed by atoms with Gasteiger partial charge in [0.2, 0.25) is 0 Å².